The Bertz CT molecular complexity index is 1440. The number of hydrogen-bond donors (Lipinski definition) is 2. The smallest absolute Gasteiger partial charge is 0.322 e. The second kappa shape index (κ2) is 9.63. The number of anilines is 2. The first-order valence-electron chi connectivity index (χ1n) is 10.4. The molecule has 9 heteroatoms. The van der Waals surface area contributed by atoms with Gasteiger partial charge in [-0.15, -0.1) is 0 Å². The average Bonchev–Trinajstić information content (AvgIpc) is 2.84. The Labute approximate surface area is 200 Å². The number of carbonyl (C=O) groups is 1. The molecule has 4 aromatic carbocycles. The molecule has 0 saturated heterocycles. The van der Waals surface area contributed by atoms with Gasteiger partial charge in [0, 0.05) is 16.9 Å². The number of nitrogens with one attached hydrogen (secondary N) is 2. The topological polar surface area (TPSA) is 75.3 Å². The number of benzene rings is 4. The first kappa shape index (κ1) is 24.0. The third kappa shape index (κ3) is 5.88. The highest BCUT2D eigenvalue weighted by molar-refractivity contribution is 7.92. The quantitative estimate of drug-likeness (QED) is 0.323. The molecule has 0 aromatic heterocycles. The highest BCUT2D eigenvalue weighted by Gasteiger charge is 2.30. The number of hydrogen-bond acceptors (Lipinski definition) is 3. The molecule has 4 aromatic rings. The average molecular weight is 497 g/mol. The first-order chi connectivity index (χ1) is 16.6. The van der Waals surface area contributed by atoms with Gasteiger partial charge in [-0.2, -0.15) is 13.2 Å². The van der Waals surface area contributed by atoms with Crippen molar-refractivity contribution in [2.75, 3.05) is 10.0 Å². The molecule has 0 saturated carbocycles. The molecule has 0 fully saturated rings. The van der Waals surface area contributed by atoms with Crippen LogP contribution in [0.2, 0.25) is 0 Å². The second-order valence-corrected chi connectivity index (χ2v) is 9.29. The summed E-state index contributed by atoms with van der Waals surface area (Å²) >= 11 is 0. The normalized spacial score (nSPS) is 11.6. The monoisotopic (exact) mass is 496 g/mol. The van der Waals surface area contributed by atoms with Gasteiger partial charge < -0.3 is 5.32 Å². The Kier molecular flexibility index (Phi) is 6.61. The van der Waals surface area contributed by atoms with Gasteiger partial charge >= 0.3 is 6.18 Å². The number of carbonyl (C=O) groups excluding carboxylic acids is 1. The maximum absolute atomic E-state index is 12.9. The fourth-order valence-corrected chi connectivity index (χ4v) is 4.39. The van der Waals surface area contributed by atoms with Crippen molar-refractivity contribution in [3.8, 4) is 11.1 Å². The summed E-state index contributed by atoms with van der Waals surface area (Å²) in [6.45, 7) is 0. The van der Waals surface area contributed by atoms with E-state index < -0.39 is 21.8 Å². The third-order valence-corrected chi connectivity index (χ3v) is 6.52. The molecule has 0 aliphatic heterocycles. The van der Waals surface area contributed by atoms with Gasteiger partial charge in [0.15, 0.2) is 0 Å². The summed E-state index contributed by atoms with van der Waals surface area (Å²) in [5.74, 6) is -0.373. The maximum atomic E-state index is 12.9. The van der Waals surface area contributed by atoms with Crippen molar-refractivity contribution in [1.29, 1.82) is 0 Å². The summed E-state index contributed by atoms with van der Waals surface area (Å²) in [5.41, 5.74) is 1.59. The van der Waals surface area contributed by atoms with Gasteiger partial charge in [0.1, 0.15) is 0 Å². The zero-order valence-corrected chi connectivity index (χ0v) is 18.9. The van der Waals surface area contributed by atoms with Gasteiger partial charge in [0.05, 0.1) is 10.5 Å². The summed E-state index contributed by atoms with van der Waals surface area (Å²) in [6.07, 6.45) is -4.59. The van der Waals surface area contributed by atoms with Crippen LogP contribution < -0.4 is 10.0 Å². The van der Waals surface area contributed by atoms with Crippen LogP contribution in [0.3, 0.4) is 0 Å². The van der Waals surface area contributed by atoms with Crippen LogP contribution in [-0.4, -0.2) is 14.3 Å². The van der Waals surface area contributed by atoms with Crippen LogP contribution in [0.4, 0.5) is 24.5 Å². The van der Waals surface area contributed by atoms with E-state index in [0.29, 0.717) is 11.3 Å². The molecular weight excluding hydrogens is 477 g/mol. The van der Waals surface area contributed by atoms with Crippen LogP contribution in [0.15, 0.2) is 108 Å². The summed E-state index contributed by atoms with van der Waals surface area (Å²) in [4.78, 5) is 12.4. The van der Waals surface area contributed by atoms with Gasteiger partial charge in [-0.1, -0.05) is 48.5 Å². The Hall–Kier alpha value is -4.11. The Morgan fingerprint density at radius 2 is 1.31 bits per heavy atom. The second-order valence-electron chi connectivity index (χ2n) is 7.61. The third-order valence-electron chi connectivity index (χ3n) is 5.12. The van der Waals surface area contributed by atoms with E-state index in [1.165, 1.54) is 30.3 Å². The van der Waals surface area contributed by atoms with Crippen molar-refractivity contribution in [3.05, 3.63) is 114 Å². The van der Waals surface area contributed by atoms with Crippen molar-refractivity contribution in [1.82, 2.24) is 0 Å². The fraction of sp³-hybridized carbons (Fsp3) is 0.0385. The van der Waals surface area contributed by atoms with Crippen LogP contribution >= 0.6 is 0 Å². The van der Waals surface area contributed by atoms with Crippen molar-refractivity contribution < 1.29 is 26.4 Å². The molecule has 4 rings (SSSR count). The van der Waals surface area contributed by atoms with Gasteiger partial charge in [-0.05, 0) is 65.7 Å². The minimum atomic E-state index is -4.59. The number of alkyl halides is 3. The van der Waals surface area contributed by atoms with Crippen molar-refractivity contribution in [2.45, 2.75) is 11.1 Å². The summed E-state index contributed by atoms with van der Waals surface area (Å²) in [5, 5.41) is 2.69. The number of halogens is 3. The molecule has 1 amide bonds. The number of rotatable bonds is 6. The summed E-state index contributed by atoms with van der Waals surface area (Å²) in [7, 11) is -4.13. The highest BCUT2D eigenvalue weighted by Crippen LogP contribution is 2.31. The van der Waals surface area contributed by atoms with Crippen LogP contribution in [0.25, 0.3) is 11.1 Å². The molecule has 0 aliphatic rings. The lowest BCUT2D eigenvalue weighted by Crippen LogP contribution is -2.15. The van der Waals surface area contributed by atoms with Crippen molar-refractivity contribution in [2.24, 2.45) is 0 Å². The van der Waals surface area contributed by atoms with Gasteiger partial charge in [-0.3, -0.25) is 9.52 Å². The van der Waals surface area contributed by atoms with E-state index in [2.05, 4.69) is 10.0 Å². The molecule has 5 nitrogen and oxygen atoms in total. The molecule has 0 bridgehead atoms. The molecule has 35 heavy (non-hydrogen) atoms. The lowest BCUT2D eigenvalue weighted by atomic mass is 10.0. The molecule has 0 heterocycles. The highest BCUT2D eigenvalue weighted by atomic mass is 32.2. The Morgan fingerprint density at radius 1 is 0.686 bits per heavy atom. The summed E-state index contributed by atoms with van der Waals surface area (Å²) in [6, 6.07) is 26.0. The molecule has 0 aliphatic carbocycles. The molecule has 0 spiro atoms. The van der Waals surface area contributed by atoms with Crippen LogP contribution in [0, 0.1) is 0 Å². The van der Waals surface area contributed by atoms with E-state index in [0.717, 1.165) is 29.3 Å². The molecule has 0 radical (unpaired) electrons. The van der Waals surface area contributed by atoms with E-state index in [-0.39, 0.29) is 16.5 Å². The molecule has 2 N–H and O–H groups in total. The lowest BCUT2D eigenvalue weighted by Gasteiger charge is -2.12. The number of amides is 1. The Morgan fingerprint density at radius 3 is 1.94 bits per heavy atom. The zero-order chi connectivity index (χ0) is 25.1. The van der Waals surface area contributed by atoms with Gasteiger partial charge in [0.25, 0.3) is 15.9 Å². The Balaban J connectivity index is 1.43. The van der Waals surface area contributed by atoms with Gasteiger partial charge in [-0.25, -0.2) is 8.42 Å². The standard InChI is InChI=1S/C26H19F3N2O3S/c27-26(28,29)21-7-4-8-23(17-21)31-35(33,34)24-15-13-22(14-16-24)30-25(32)20-11-9-19(10-12-20)18-5-2-1-3-6-18/h1-17,31H,(H,30,32). The van der Waals surface area contributed by atoms with E-state index in [1.54, 1.807) is 12.1 Å². The first-order valence-corrected chi connectivity index (χ1v) is 11.9. The molecule has 0 atom stereocenters. The predicted octanol–water partition coefficient (Wildman–Crippen LogP) is 6.43. The zero-order valence-electron chi connectivity index (χ0n) is 18.1. The molecular formula is C26H19F3N2O3S. The maximum Gasteiger partial charge on any atom is 0.416 e. The number of sulfonamides is 1. The largest absolute Gasteiger partial charge is 0.416 e. The minimum absolute atomic E-state index is 0.167. The predicted molar refractivity (Wildman–Crippen MR) is 129 cm³/mol. The van der Waals surface area contributed by atoms with Crippen LogP contribution in [-0.2, 0) is 16.2 Å². The SMILES string of the molecule is O=C(Nc1ccc(S(=O)(=O)Nc2cccc(C(F)(F)F)c2)cc1)c1ccc(-c2ccccc2)cc1. The van der Waals surface area contributed by atoms with Crippen LogP contribution in [0.1, 0.15) is 15.9 Å². The van der Waals surface area contributed by atoms with Crippen molar-refractivity contribution in [3.63, 3.8) is 0 Å². The van der Waals surface area contributed by atoms with Crippen LogP contribution in [0.5, 0.6) is 0 Å². The summed E-state index contributed by atoms with van der Waals surface area (Å²) < 4.78 is 66.0. The molecule has 0 unspecified atom stereocenters. The van der Waals surface area contributed by atoms with E-state index in [1.807, 2.05) is 42.5 Å². The lowest BCUT2D eigenvalue weighted by molar-refractivity contribution is -0.137. The van der Waals surface area contributed by atoms with Crippen molar-refractivity contribution >= 4 is 27.3 Å². The minimum Gasteiger partial charge on any atom is -0.322 e. The van der Waals surface area contributed by atoms with E-state index in [4.69, 9.17) is 0 Å². The van der Waals surface area contributed by atoms with Gasteiger partial charge in [0.2, 0.25) is 0 Å². The fourth-order valence-electron chi connectivity index (χ4n) is 3.34. The van der Waals surface area contributed by atoms with E-state index in [9.17, 15) is 26.4 Å². The molecule has 178 valence electrons. The van der Waals surface area contributed by atoms with E-state index >= 15 is 0 Å².